The van der Waals surface area contributed by atoms with Gasteiger partial charge in [0.15, 0.2) is 5.82 Å². The van der Waals surface area contributed by atoms with E-state index in [2.05, 4.69) is 22.4 Å². The third kappa shape index (κ3) is 3.30. The molecule has 0 radical (unpaired) electrons. The number of furan rings is 1. The Balaban J connectivity index is 1.96. The van der Waals surface area contributed by atoms with E-state index >= 15 is 0 Å². The van der Waals surface area contributed by atoms with Gasteiger partial charge >= 0.3 is 0 Å². The quantitative estimate of drug-likeness (QED) is 0.842. The molecule has 1 N–H and O–H groups in total. The summed E-state index contributed by atoms with van der Waals surface area (Å²) in [5.74, 6) is 0.858. The van der Waals surface area contributed by atoms with Gasteiger partial charge in [-0.25, -0.2) is 0 Å². The molecule has 2 heterocycles. The lowest BCUT2D eigenvalue weighted by Crippen LogP contribution is -2.19. The minimum Gasteiger partial charge on any atom is -0.472 e. The number of nitrogens with one attached hydrogen (secondary N) is 1. The first-order valence-corrected chi connectivity index (χ1v) is 6.05. The zero-order chi connectivity index (χ0) is 12.8. The predicted molar refractivity (Wildman–Crippen MR) is 70.2 cm³/mol. The number of hydrogen-bond donors (Lipinski definition) is 1. The maximum Gasteiger partial charge on any atom is 0.151 e. The van der Waals surface area contributed by atoms with Crippen molar-refractivity contribution in [2.24, 2.45) is 0 Å². The molecule has 0 saturated carbocycles. The van der Waals surface area contributed by atoms with Gasteiger partial charge in [-0.3, -0.25) is 0 Å². The molecule has 5 nitrogen and oxygen atoms in total. The number of nitrogens with zero attached hydrogens (tertiary/aromatic N) is 3. The molecule has 0 amide bonds. The fraction of sp³-hybridized carbons (Fsp3) is 0.385. The van der Waals surface area contributed by atoms with E-state index in [0.29, 0.717) is 0 Å². The van der Waals surface area contributed by atoms with E-state index in [-0.39, 0.29) is 0 Å². The molecule has 96 valence electrons. The number of aromatic nitrogens is 2. The maximum atomic E-state index is 5.04. The summed E-state index contributed by atoms with van der Waals surface area (Å²) >= 11 is 0. The Morgan fingerprint density at radius 1 is 1.28 bits per heavy atom. The summed E-state index contributed by atoms with van der Waals surface area (Å²) in [7, 11) is 1.99. The predicted octanol–water partition coefficient (Wildman–Crippen LogP) is 1.82. The van der Waals surface area contributed by atoms with E-state index in [1.54, 1.807) is 12.5 Å². The molecule has 0 spiro atoms. The van der Waals surface area contributed by atoms with Crippen molar-refractivity contribution in [1.29, 1.82) is 0 Å². The van der Waals surface area contributed by atoms with Crippen molar-refractivity contribution in [3.63, 3.8) is 0 Å². The van der Waals surface area contributed by atoms with Crippen molar-refractivity contribution in [3.8, 4) is 0 Å². The van der Waals surface area contributed by atoms with Crippen LogP contribution in [0.25, 0.3) is 0 Å². The molecule has 2 rings (SSSR count). The minimum absolute atomic E-state index is 0.759. The SMILES string of the molecule is CCNCc1ccc(N(C)Cc2ccoc2)nn1. The average Bonchev–Trinajstić information content (AvgIpc) is 2.89. The summed E-state index contributed by atoms with van der Waals surface area (Å²) in [6.45, 7) is 4.53. The third-order valence-corrected chi connectivity index (χ3v) is 2.65. The van der Waals surface area contributed by atoms with E-state index in [9.17, 15) is 0 Å². The van der Waals surface area contributed by atoms with Crippen molar-refractivity contribution >= 4 is 5.82 Å². The first-order chi connectivity index (χ1) is 8.79. The molecular formula is C13H18N4O. The molecule has 0 atom stereocenters. The van der Waals surface area contributed by atoms with E-state index in [1.807, 2.05) is 30.1 Å². The number of hydrogen-bond acceptors (Lipinski definition) is 5. The molecule has 0 aliphatic carbocycles. The van der Waals surface area contributed by atoms with E-state index in [4.69, 9.17) is 4.42 Å². The molecule has 0 aliphatic rings. The Hall–Kier alpha value is -1.88. The summed E-state index contributed by atoms with van der Waals surface area (Å²) in [4.78, 5) is 2.04. The van der Waals surface area contributed by atoms with Gasteiger partial charge in [0, 0.05) is 25.7 Å². The largest absolute Gasteiger partial charge is 0.472 e. The van der Waals surface area contributed by atoms with Gasteiger partial charge in [0.2, 0.25) is 0 Å². The lowest BCUT2D eigenvalue weighted by atomic mass is 10.3. The van der Waals surface area contributed by atoms with Gasteiger partial charge in [0.05, 0.1) is 18.2 Å². The maximum absolute atomic E-state index is 5.04. The molecule has 2 aromatic rings. The Morgan fingerprint density at radius 2 is 2.17 bits per heavy atom. The van der Waals surface area contributed by atoms with Gasteiger partial charge in [0.25, 0.3) is 0 Å². The van der Waals surface area contributed by atoms with Gasteiger partial charge in [-0.1, -0.05) is 6.92 Å². The molecule has 0 fully saturated rings. The first-order valence-electron chi connectivity index (χ1n) is 6.05. The van der Waals surface area contributed by atoms with Crippen LogP contribution in [0.5, 0.6) is 0 Å². The van der Waals surface area contributed by atoms with Gasteiger partial charge in [-0.2, -0.15) is 5.10 Å². The average molecular weight is 246 g/mol. The fourth-order valence-corrected chi connectivity index (χ4v) is 1.64. The summed E-state index contributed by atoms with van der Waals surface area (Å²) in [5.41, 5.74) is 2.08. The van der Waals surface area contributed by atoms with Crippen LogP contribution in [0.4, 0.5) is 5.82 Å². The van der Waals surface area contributed by atoms with Crippen molar-refractivity contribution in [1.82, 2.24) is 15.5 Å². The lowest BCUT2D eigenvalue weighted by Gasteiger charge is -2.16. The molecule has 18 heavy (non-hydrogen) atoms. The van der Waals surface area contributed by atoms with Gasteiger partial charge in [-0.15, -0.1) is 5.10 Å². The highest BCUT2D eigenvalue weighted by atomic mass is 16.3. The van der Waals surface area contributed by atoms with Gasteiger partial charge in [0.1, 0.15) is 0 Å². The Bertz CT molecular complexity index is 452. The second-order valence-corrected chi connectivity index (χ2v) is 4.15. The minimum atomic E-state index is 0.759. The molecular weight excluding hydrogens is 228 g/mol. The zero-order valence-corrected chi connectivity index (χ0v) is 10.8. The van der Waals surface area contributed by atoms with Crippen LogP contribution in [0, 0.1) is 0 Å². The Labute approximate surface area is 107 Å². The van der Waals surface area contributed by atoms with Crippen LogP contribution in [0.2, 0.25) is 0 Å². The van der Waals surface area contributed by atoms with E-state index in [1.165, 1.54) is 0 Å². The Kier molecular flexibility index (Phi) is 4.30. The standard InChI is InChI=1S/C13H18N4O/c1-3-14-8-12-4-5-13(16-15-12)17(2)9-11-6-7-18-10-11/h4-7,10,14H,3,8-9H2,1-2H3. The Morgan fingerprint density at radius 3 is 2.78 bits per heavy atom. The van der Waals surface area contributed by atoms with Crippen LogP contribution in [0.1, 0.15) is 18.2 Å². The topological polar surface area (TPSA) is 54.2 Å². The summed E-state index contributed by atoms with van der Waals surface area (Å²) < 4.78 is 5.04. The van der Waals surface area contributed by atoms with Crippen LogP contribution in [-0.2, 0) is 13.1 Å². The second-order valence-electron chi connectivity index (χ2n) is 4.15. The molecule has 2 aromatic heterocycles. The van der Waals surface area contributed by atoms with Crippen LogP contribution in [0.3, 0.4) is 0 Å². The zero-order valence-electron chi connectivity index (χ0n) is 10.8. The highest BCUT2D eigenvalue weighted by Gasteiger charge is 2.05. The molecule has 0 saturated heterocycles. The molecule has 0 aliphatic heterocycles. The van der Waals surface area contributed by atoms with Crippen molar-refractivity contribution in [3.05, 3.63) is 42.0 Å². The van der Waals surface area contributed by atoms with Crippen LogP contribution in [-0.4, -0.2) is 23.8 Å². The van der Waals surface area contributed by atoms with Crippen molar-refractivity contribution in [2.75, 3.05) is 18.5 Å². The smallest absolute Gasteiger partial charge is 0.151 e. The highest BCUT2D eigenvalue weighted by Crippen LogP contribution is 2.12. The fourth-order valence-electron chi connectivity index (χ4n) is 1.64. The third-order valence-electron chi connectivity index (χ3n) is 2.65. The van der Waals surface area contributed by atoms with E-state index in [0.717, 1.165) is 36.7 Å². The van der Waals surface area contributed by atoms with E-state index < -0.39 is 0 Å². The van der Waals surface area contributed by atoms with Crippen LogP contribution < -0.4 is 10.2 Å². The normalized spacial score (nSPS) is 10.6. The van der Waals surface area contributed by atoms with Crippen molar-refractivity contribution < 1.29 is 4.42 Å². The lowest BCUT2D eigenvalue weighted by molar-refractivity contribution is 0.563. The second kappa shape index (κ2) is 6.16. The molecule has 0 aromatic carbocycles. The summed E-state index contributed by atoms with van der Waals surface area (Å²) in [6, 6.07) is 5.93. The summed E-state index contributed by atoms with van der Waals surface area (Å²) in [5, 5.41) is 11.6. The van der Waals surface area contributed by atoms with Gasteiger partial charge < -0.3 is 14.6 Å². The molecule has 0 bridgehead atoms. The molecule has 5 heteroatoms. The number of anilines is 1. The van der Waals surface area contributed by atoms with Crippen molar-refractivity contribution in [2.45, 2.75) is 20.0 Å². The number of rotatable bonds is 6. The first kappa shape index (κ1) is 12.6. The van der Waals surface area contributed by atoms with Crippen LogP contribution in [0.15, 0.2) is 35.1 Å². The monoisotopic (exact) mass is 246 g/mol. The van der Waals surface area contributed by atoms with Gasteiger partial charge in [-0.05, 0) is 24.7 Å². The summed E-state index contributed by atoms with van der Waals surface area (Å²) in [6.07, 6.45) is 3.41. The molecule has 0 unspecified atom stereocenters. The van der Waals surface area contributed by atoms with Crippen LogP contribution >= 0.6 is 0 Å². The highest BCUT2D eigenvalue weighted by molar-refractivity contribution is 5.37.